The third-order valence-corrected chi connectivity index (χ3v) is 14.0. The van der Waals surface area contributed by atoms with Gasteiger partial charge >= 0.3 is 11.9 Å². The fraction of sp³-hybridized carbons (Fsp3) is 0.569. The van der Waals surface area contributed by atoms with E-state index >= 15 is 0 Å². The minimum Gasteiger partial charge on any atom is -0.508 e. The summed E-state index contributed by atoms with van der Waals surface area (Å²) < 4.78 is 0. The summed E-state index contributed by atoms with van der Waals surface area (Å²) in [7, 11) is 0. The van der Waals surface area contributed by atoms with E-state index in [-0.39, 0.29) is 63.5 Å². The summed E-state index contributed by atoms with van der Waals surface area (Å²) in [6.07, 6.45) is 2.50. The van der Waals surface area contributed by atoms with Crippen LogP contribution in [0.1, 0.15) is 95.6 Å². The smallest absolute Gasteiger partial charge is 0.326 e. The number of carboxylic acid groups (broad SMARTS) is 2. The van der Waals surface area contributed by atoms with Crippen LogP contribution in [0.25, 0.3) is 0 Å². The second-order valence-corrected chi connectivity index (χ2v) is 19.8. The van der Waals surface area contributed by atoms with Crippen molar-refractivity contribution in [1.29, 1.82) is 0 Å². The maximum atomic E-state index is 14.5. The molecule has 22 nitrogen and oxygen atoms in total. The highest BCUT2D eigenvalue weighted by Crippen LogP contribution is 2.31. The predicted octanol–water partition coefficient (Wildman–Crippen LogP) is 0.0348. The van der Waals surface area contributed by atoms with Gasteiger partial charge in [0, 0.05) is 45.4 Å². The Bertz CT molecular complexity index is 2350. The van der Waals surface area contributed by atoms with Crippen LogP contribution in [-0.4, -0.2) is 175 Å². The molecule has 0 radical (unpaired) electrons. The summed E-state index contributed by atoms with van der Waals surface area (Å²) in [5, 5.41) is 39.2. The van der Waals surface area contributed by atoms with Crippen LogP contribution in [0.4, 0.5) is 0 Å². The van der Waals surface area contributed by atoms with E-state index in [1.165, 1.54) is 43.9 Å². The first kappa shape index (κ1) is 55.2. The second-order valence-electron chi connectivity index (χ2n) is 19.8. The molecule has 9 N–H and O–H groups in total. The van der Waals surface area contributed by atoms with Crippen molar-refractivity contribution in [3.63, 3.8) is 0 Å². The zero-order chi connectivity index (χ0) is 52.9. The summed E-state index contributed by atoms with van der Waals surface area (Å²) in [5.74, 6) is -7.17. The highest BCUT2D eigenvalue weighted by atomic mass is 16.4. The molecule has 0 unspecified atom stereocenters. The van der Waals surface area contributed by atoms with Gasteiger partial charge < -0.3 is 61.9 Å². The number of phenols is 1. The lowest BCUT2D eigenvalue weighted by Crippen LogP contribution is -2.59. The predicted molar refractivity (Wildman–Crippen MR) is 262 cm³/mol. The Labute approximate surface area is 423 Å². The van der Waals surface area contributed by atoms with Gasteiger partial charge in [-0.05, 0) is 93.4 Å². The summed E-state index contributed by atoms with van der Waals surface area (Å²) >= 11 is 0. The van der Waals surface area contributed by atoms with Gasteiger partial charge in [0.2, 0.25) is 47.3 Å². The average molecular weight is 1020 g/mol. The Balaban J connectivity index is 1.09. The topological polar surface area (TPSA) is 318 Å². The minimum atomic E-state index is -1.38. The normalized spacial score (nSPS) is 21.3. The van der Waals surface area contributed by atoms with Crippen LogP contribution < -0.4 is 27.0 Å². The minimum absolute atomic E-state index is 0.00289. The molecule has 0 aliphatic carbocycles. The van der Waals surface area contributed by atoms with Gasteiger partial charge in [0.15, 0.2) is 0 Å². The van der Waals surface area contributed by atoms with Crippen molar-refractivity contribution in [3.05, 3.63) is 65.7 Å². The highest BCUT2D eigenvalue weighted by Gasteiger charge is 2.48. The molecule has 4 aliphatic heterocycles. The van der Waals surface area contributed by atoms with Crippen molar-refractivity contribution >= 4 is 59.2 Å². The molecule has 73 heavy (non-hydrogen) atoms. The largest absolute Gasteiger partial charge is 0.508 e. The number of aliphatic carboxylic acids is 2. The summed E-state index contributed by atoms with van der Waals surface area (Å²) in [4.78, 5) is 141. The molecule has 4 heterocycles. The molecule has 2 aromatic carbocycles. The van der Waals surface area contributed by atoms with Crippen molar-refractivity contribution < 1.29 is 63.3 Å². The van der Waals surface area contributed by atoms with E-state index in [1.807, 2.05) is 13.8 Å². The van der Waals surface area contributed by atoms with E-state index in [0.717, 1.165) is 0 Å². The lowest BCUT2D eigenvalue weighted by atomic mass is 10.0. The summed E-state index contributed by atoms with van der Waals surface area (Å²) in [5.41, 5.74) is 7.42. The summed E-state index contributed by atoms with van der Waals surface area (Å²) in [6.45, 7) is 4.02. The molecule has 2 aromatic rings. The van der Waals surface area contributed by atoms with Crippen molar-refractivity contribution in [2.75, 3.05) is 32.7 Å². The molecule has 0 spiro atoms. The average Bonchev–Trinajstić information content (AvgIpc) is 4.22. The molecule has 396 valence electrons. The van der Waals surface area contributed by atoms with Gasteiger partial charge in [-0.15, -0.1) is 0 Å². The number of nitrogens with one attached hydrogen (secondary N) is 4. The number of benzene rings is 2. The molecule has 6 rings (SSSR count). The number of phenolic OH excluding ortho intramolecular Hbond substituents is 1. The number of hydrogen-bond donors (Lipinski definition) is 8. The lowest BCUT2D eigenvalue weighted by molar-refractivity contribution is -0.153. The Morgan fingerprint density at radius 1 is 0.603 bits per heavy atom. The number of nitrogens with two attached hydrogens (primary N) is 1. The van der Waals surface area contributed by atoms with E-state index in [9.17, 15) is 63.3 Å². The number of hydrogen-bond acceptors (Lipinski definition) is 12. The van der Waals surface area contributed by atoms with Crippen LogP contribution in [0.5, 0.6) is 5.75 Å². The van der Waals surface area contributed by atoms with Gasteiger partial charge in [-0.3, -0.25) is 43.2 Å². The van der Waals surface area contributed by atoms with Gasteiger partial charge in [0.25, 0.3) is 0 Å². The molecule has 4 aliphatic rings. The Kier molecular flexibility index (Phi) is 19.3. The summed E-state index contributed by atoms with van der Waals surface area (Å²) in [6, 6.07) is 6.06. The molecule has 4 saturated heterocycles. The first-order chi connectivity index (χ1) is 34.8. The molecule has 22 heteroatoms. The van der Waals surface area contributed by atoms with Crippen LogP contribution in [0.15, 0.2) is 54.6 Å². The number of carboxylic acids is 2. The second kappa shape index (κ2) is 25.5. The number of rotatable bonds is 22. The van der Waals surface area contributed by atoms with E-state index in [0.29, 0.717) is 62.5 Å². The molecule has 0 bridgehead atoms. The van der Waals surface area contributed by atoms with Crippen molar-refractivity contribution in [1.82, 2.24) is 40.9 Å². The van der Waals surface area contributed by atoms with Gasteiger partial charge in [-0.25, -0.2) is 4.79 Å². The van der Waals surface area contributed by atoms with Crippen molar-refractivity contribution in [2.45, 2.75) is 146 Å². The number of carbonyl (C=O) groups excluding carboxylic acids is 8. The van der Waals surface area contributed by atoms with Gasteiger partial charge in [0.05, 0.1) is 12.6 Å². The lowest BCUT2D eigenvalue weighted by Gasteiger charge is -2.36. The maximum absolute atomic E-state index is 14.5. The number of aromatic hydroxyl groups is 1. The molecule has 8 amide bonds. The molecular formula is C51H69N9O13. The zero-order valence-corrected chi connectivity index (χ0v) is 41.4. The number of nitrogens with zero attached hydrogens (tertiary/aromatic N) is 4. The fourth-order valence-electron chi connectivity index (χ4n) is 10.3. The highest BCUT2D eigenvalue weighted by molar-refractivity contribution is 5.98. The van der Waals surface area contributed by atoms with Crippen LogP contribution in [0, 0.1) is 5.92 Å². The number of likely N-dealkylation sites (tertiary alicyclic amines) is 4. The van der Waals surface area contributed by atoms with Gasteiger partial charge in [-0.2, -0.15) is 0 Å². The van der Waals surface area contributed by atoms with Crippen molar-refractivity contribution in [3.8, 4) is 5.75 Å². The van der Waals surface area contributed by atoms with Crippen LogP contribution in [-0.2, 0) is 60.8 Å². The Morgan fingerprint density at radius 2 is 1.08 bits per heavy atom. The molecule has 0 aromatic heterocycles. The van der Waals surface area contributed by atoms with Crippen LogP contribution in [0.3, 0.4) is 0 Å². The van der Waals surface area contributed by atoms with E-state index < -0.39 is 120 Å². The van der Waals surface area contributed by atoms with E-state index in [4.69, 9.17) is 5.73 Å². The quantitative estimate of drug-likeness (QED) is 0.0773. The SMILES string of the molecule is CC(C)C[C@H](N)C(=O)N[C@@H](Cc1ccccc1)C(=O)N[C@@H](CCC(=O)O)C(=O)N1CCC[C@H]1C(=O)N1CCC[C@H]1C(=O)N1CCC[C@H]1C(=O)N1CCC[C@H]1C(=O)NCC(=O)N[C@@H](Cc1ccc(O)cc1)C(=O)O. The number of carbonyl (C=O) groups is 10. The standard InChI is InChI=1S/C51H69N9O13/c1-30(2)26-34(52)44(65)56-36(27-31-10-4-3-5-11-31)45(66)55-35(20-21-43(63)64)47(68)58-23-7-13-39(58)49(70)60-25-9-15-41(60)50(71)59-24-8-14-40(59)48(69)57-22-6-12-38(57)46(67)53-29-42(62)54-37(51(72)73)28-32-16-18-33(61)19-17-32/h3-5,10-11,16-19,30,34-41,61H,6-9,12-15,20-29,52H2,1-2H3,(H,53,67)(H,54,62)(H,55,66)(H,56,65)(H,63,64)(H,72,73)/t34-,35-,36-,37-,38-,39-,40-,41-/m0/s1. The molecular weight excluding hydrogens is 947 g/mol. The van der Waals surface area contributed by atoms with Crippen LogP contribution in [0.2, 0.25) is 0 Å². The van der Waals surface area contributed by atoms with E-state index in [1.54, 1.807) is 30.3 Å². The zero-order valence-electron chi connectivity index (χ0n) is 41.4. The first-order valence-electron chi connectivity index (χ1n) is 25.2. The maximum Gasteiger partial charge on any atom is 0.326 e. The third-order valence-electron chi connectivity index (χ3n) is 14.0. The Hall–Kier alpha value is -7.10. The Morgan fingerprint density at radius 3 is 1.62 bits per heavy atom. The monoisotopic (exact) mass is 1020 g/mol. The molecule has 4 fully saturated rings. The fourth-order valence-corrected chi connectivity index (χ4v) is 10.3. The van der Waals surface area contributed by atoms with Crippen LogP contribution >= 0.6 is 0 Å². The van der Waals surface area contributed by atoms with Crippen molar-refractivity contribution in [2.24, 2.45) is 11.7 Å². The van der Waals surface area contributed by atoms with E-state index in [2.05, 4.69) is 21.3 Å². The van der Waals surface area contributed by atoms with Gasteiger partial charge in [-0.1, -0.05) is 56.3 Å². The number of amides is 8. The third kappa shape index (κ3) is 14.5. The first-order valence-corrected chi connectivity index (χ1v) is 25.2. The molecule has 8 atom stereocenters. The molecule has 0 saturated carbocycles. The van der Waals surface area contributed by atoms with Gasteiger partial charge in [0.1, 0.15) is 48.0 Å².